The number of alkyl halides is 3. The summed E-state index contributed by atoms with van der Waals surface area (Å²) >= 11 is 0. The second kappa shape index (κ2) is 6.02. The molecule has 1 aromatic rings. The first kappa shape index (κ1) is 17.9. The van der Waals surface area contributed by atoms with Gasteiger partial charge in [-0.2, -0.15) is 13.2 Å². The largest absolute Gasteiger partial charge is 0.466 e. The Kier molecular flexibility index (Phi) is 4.15. The van der Waals surface area contributed by atoms with Gasteiger partial charge >= 0.3 is 6.18 Å². The summed E-state index contributed by atoms with van der Waals surface area (Å²) in [6.45, 7) is 4.76. The molecule has 9 heteroatoms. The zero-order valence-corrected chi connectivity index (χ0v) is 14.9. The maximum atomic E-state index is 12.3. The van der Waals surface area contributed by atoms with Crippen molar-refractivity contribution >= 4 is 5.69 Å². The Hall–Kier alpha value is -1.48. The Morgan fingerprint density at radius 1 is 1.31 bits per heavy atom. The van der Waals surface area contributed by atoms with Gasteiger partial charge < -0.3 is 15.2 Å². The van der Waals surface area contributed by atoms with Crippen LogP contribution in [-0.4, -0.2) is 59.3 Å². The third-order valence-electron chi connectivity index (χ3n) is 6.19. The van der Waals surface area contributed by atoms with Crippen LogP contribution in [0.4, 0.5) is 18.9 Å². The van der Waals surface area contributed by atoms with Gasteiger partial charge in [0.2, 0.25) is 0 Å². The Balaban J connectivity index is 1.30. The summed E-state index contributed by atoms with van der Waals surface area (Å²) in [7, 11) is 0. The average molecular weight is 374 g/mol. The highest BCUT2D eigenvalue weighted by Gasteiger charge is 2.56. The molecule has 0 unspecified atom stereocenters. The van der Waals surface area contributed by atoms with Crippen molar-refractivity contribution in [3.05, 3.63) is 6.20 Å². The molecule has 6 nitrogen and oxygen atoms in total. The summed E-state index contributed by atoms with van der Waals surface area (Å²) in [4.78, 5) is 2.56. The van der Waals surface area contributed by atoms with Crippen molar-refractivity contribution in [3.63, 3.8) is 0 Å². The number of hydrogen-bond acceptors (Lipinski definition) is 5. The van der Waals surface area contributed by atoms with Gasteiger partial charge in [-0.25, -0.2) is 0 Å². The number of anilines is 1. The van der Waals surface area contributed by atoms with E-state index in [1.165, 1.54) is 0 Å². The van der Waals surface area contributed by atoms with Crippen LogP contribution < -0.4 is 10.5 Å². The molecule has 2 aliphatic heterocycles. The van der Waals surface area contributed by atoms with Gasteiger partial charge in [-0.3, -0.25) is 9.58 Å². The van der Waals surface area contributed by atoms with Crippen molar-refractivity contribution in [2.45, 2.75) is 50.4 Å². The fraction of sp³-hybridized carbons (Fsp3) is 0.824. The molecule has 0 amide bonds. The normalized spacial score (nSPS) is 25.7. The number of nitrogens with zero attached hydrogens (tertiary/aromatic N) is 3. The average Bonchev–Trinajstić information content (AvgIpc) is 2.83. The highest BCUT2D eigenvalue weighted by atomic mass is 19.4. The first-order valence-electron chi connectivity index (χ1n) is 9.05. The fourth-order valence-corrected chi connectivity index (χ4v) is 4.50. The monoisotopic (exact) mass is 374 g/mol. The maximum absolute atomic E-state index is 12.3. The second-order valence-corrected chi connectivity index (χ2v) is 8.30. The molecule has 0 aromatic carbocycles. The third-order valence-corrected chi connectivity index (χ3v) is 6.19. The molecular weight excluding hydrogens is 349 g/mol. The molecular formula is C17H25F3N4O2. The molecule has 2 N–H and O–H groups in total. The number of rotatable bonds is 4. The van der Waals surface area contributed by atoms with Crippen LogP contribution in [0, 0.1) is 5.41 Å². The molecule has 26 heavy (non-hydrogen) atoms. The summed E-state index contributed by atoms with van der Waals surface area (Å²) in [6, 6.07) is 0.185. The minimum Gasteiger partial charge on any atom is -0.466 e. The first-order chi connectivity index (χ1) is 12.2. The number of nitrogens with two attached hydrogens (primary N) is 1. The predicted octanol–water partition coefficient (Wildman–Crippen LogP) is 2.61. The standard InChI is InChI=1S/C17H25F3N4O2/c1-15(2-4-25-5-3-15)23-9-16(10-23)6-12(7-16)24-8-13(21)14(22-24)26-11-17(18,19)20/h8,12H,2-7,9-11,21H2,1H3. The minimum atomic E-state index is -4.40. The molecule has 3 heterocycles. The smallest absolute Gasteiger partial charge is 0.422 e. The molecule has 3 fully saturated rings. The Morgan fingerprint density at radius 2 is 1.96 bits per heavy atom. The molecule has 0 radical (unpaired) electrons. The Labute approximate surface area is 150 Å². The molecule has 1 saturated carbocycles. The van der Waals surface area contributed by atoms with Crippen LogP contribution in [0.5, 0.6) is 5.88 Å². The van der Waals surface area contributed by atoms with E-state index in [9.17, 15) is 13.2 Å². The van der Waals surface area contributed by atoms with E-state index in [0.717, 1.165) is 52.0 Å². The quantitative estimate of drug-likeness (QED) is 0.878. The summed E-state index contributed by atoms with van der Waals surface area (Å²) in [5.41, 5.74) is 6.45. The highest BCUT2D eigenvalue weighted by Crippen LogP contribution is 2.56. The van der Waals surface area contributed by atoms with Crippen LogP contribution in [0.3, 0.4) is 0 Å². The number of ether oxygens (including phenoxy) is 2. The van der Waals surface area contributed by atoms with E-state index in [1.807, 2.05) is 0 Å². The number of likely N-dealkylation sites (tertiary alicyclic amines) is 1. The van der Waals surface area contributed by atoms with Crippen molar-refractivity contribution in [1.82, 2.24) is 14.7 Å². The van der Waals surface area contributed by atoms with Crippen LogP contribution in [0.2, 0.25) is 0 Å². The summed E-state index contributed by atoms with van der Waals surface area (Å²) in [5, 5.41) is 4.12. The van der Waals surface area contributed by atoms with Crippen molar-refractivity contribution in [2.24, 2.45) is 5.41 Å². The van der Waals surface area contributed by atoms with Crippen molar-refractivity contribution < 1.29 is 22.6 Å². The van der Waals surface area contributed by atoms with E-state index < -0.39 is 12.8 Å². The Morgan fingerprint density at radius 3 is 2.58 bits per heavy atom. The van der Waals surface area contributed by atoms with E-state index in [-0.39, 0.29) is 23.1 Å². The summed E-state index contributed by atoms with van der Waals surface area (Å²) in [5.74, 6) is -0.131. The molecule has 146 valence electrons. The minimum absolute atomic E-state index is 0.131. The van der Waals surface area contributed by atoms with E-state index in [4.69, 9.17) is 15.2 Å². The number of halogens is 3. The van der Waals surface area contributed by atoms with E-state index in [0.29, 0.717) is 5.41 Å². The van der Waals surface area contributed by atoms with Crippen LogP contribution in [-0.2, 0) is 4.74 Å². The van der Waals surface area contributed by atoms with Crippen molar-refractivity contribution in [1.29, 1.82) is 0 Å². The van der Waals surface area contributed by atoms with Gasteiger partial charge in [0, 0.05) is 31.8 Å². The molecule has 1 spiro atoms. The molecule has 0 atom stereocenters. The Bertz CT molecular complexity index is 655. The molecule has 0 bridgehead atoms. The number of nitrogen functional groups attached to an aromatic ring is 1. The first-order valence-corrected chi connectivity index (χ1v) is 9.05. The molecule has 3 aliphatic rings. The lowest BCUT2D eigenvalue weighted by molar-refractivity contribution is -0.157. The highest BCUT2D eigenvalue weighted by molar-refractivity contribution is 5.46. The number of hydrogen-bond donors (Lipinski definition) is 1. The molecule has 1 aliphatic carbocycles. The van der Waals surface area contributed by atoms with Gasteiger partial charge in [0.15, 0.2) is 6.61 Å². The topological polar surface area (TPSA) is 65.5 Å². The summed E-state index contributed by atoms with van der Waals surface area (Å²) in [6.07, 6.45) is 1.29. The van der Waals surface area contributed by atoms with E-state index in [1.54, 1.807) is 10.9 Å². The SMILES string of the molecule is CC1(N2CC3(CC(n4cc(N)c(OCC(F)(F)F)n4)C3)C2)CCOCC1. The van der Waals surface area contributed by atoms with Gasteiger partial charge in [0.1, 0.15) is 5.69 Å². The predicted molar refractivity (Wildman–Crippen MR) is 88.9 cm³/mol. The zero-order valence-electron chi connectivity index (χ0n) is 14.9. The van der Waals surface area contributed by atoms with Gasteiger partial charge in [-0.05, 0) is 38.0 Å². The number of aromatic nitrogens is 2. The van der Waals surface area contributed by atoms with Crippen molar-refractivity contribution in [2.75, 3.05) is 38.6 Å². The van der Waals surface area contributed by atoms with E-state index in [2.05, 4.69) is 16.9 Å². The third kappa shape index (κ3) is 3.26. The fourth-order valence-electron chi connectivity index (χ4n) is 4.50. The lowest BCUT2D eigenvalue weighted by Crippen LogP contribution is -2.69. The van der Waals surface area contributed by atoms with Crippen LogP contribution in [0.15, 0.2) is 6.20 Å². The van der Waals surface area contributed by atoms with Gasteiger partial charge in [-0.15, -0.1) is 5.10 Å². The van der Waals surface area contributed by atoms with Gasteiger partial charge in [0.25, 0.3) is 5.88 Å². The lowest BCUT2D eigenvalue weighted by Gasteiger charge is -2.64. The van der Waals surface area contributed by atoms with Crippen molar-refractivity contribution in [3.8, 4) is 5.88 Å². The lowest BCUT2D eigenvalue weighted by atomic mass is 9.59. The van der Waals surface area contributed by atoms with Crippen LogP contribution in [0.25, 0.3) is 0 Å². The molecule has 4 rings (SSSR count). The van der Waals surface area contributed by atoms with E-state index >= 15 is 0 Å². The van der Waals surface area contributed by atoms with Crippen LogP contribution >= 0.6 is 0 Å². The molecule has 1 aromatic heterocycles. The second-order valence-electron chi connectivity index (χ2n) is 8.30. The van der Waals surface area contributed by atoms with Crippen LogP contribution in [0.1, 0.15) is 38.6 Å². The molecule has 2 saturated heterocycles. The zero-order chi connectivity index (χ0) is 18.6. The van der Waals surface area contributed by atoms with Gasteiger partial charge in [-0.1, -0.05) is 0 Å². The maximum Gasteiger partial charge on any atom is 0.422 e. The van der Waals surface area contributed by atoms with Gasteiger partial charge in [0.05, 0.1) is 12.2 Å². The summed E-state index contributed by atoms with van der Waals surface area (Å²) < 4.78 is 48.7.